The average molecular weight is 278 g/mol. The molecule has 1 fully saturated rings. The van der Waals surface area contributed by atoms with Crippen LogP contribution in [0.5, 0.6) is 11.5 Å². The van der Waals surface area contributed by atoms with Gasteiger partial charge in [-0.2, -0.15) is 0 Å². The third-order valence-electron chi connectivity index (χ3n) is 3.28. The third kappa shape index (κ3) is 2.84. The zero-order chi connectivity index (χ0) is 14.7. The van der Waals surface area contributed by atoms with Gasteiger partial charge in [0.25, 0.3) is 0 Å². The lowest BCUT2D eigenvalue weighted by atomic mass is 10.1. The van der Waals surface area contributed by atoms with Gasteiger partial charge in [-0.1, -0.05) is 13.0 Å². The summed E-state index contributed by atoms with van der Waals surface area (Å²) in [6, 6.07) is 5.14. The first-order valence-corrected chi connectivity index (χ1v) is 6.35. The lowest BCUT2D eigenvalue weighted by Crippen LogP contribution is -2.53. The fraction of sp³-hybridized carbons (Fsp3) is 0.429. The number of methoxy groups -OCH3 is 2. The Morgan fingerprint density at radius 2 is 1.95 bits per heavy atom. The lowest BCUT2D eigenvalue weighted by molar-refractivity contribution is -0.125. The molecule has 1 atom stereocenters. The molecule has 0 bridgehead atoms. The predicted molar refractivity (Wildman–Crippen MR) is 72.7 cm³/mol. The topological polar surface area (TPSA) is 67.9 Å². The number of urea groups is 1. The highest BCUT2D eigenvalue weighted by molar-refractivity contribution is 5.97. The number of hydrogen-bond donors (Lipinski definition) is 1. The van der Waals surface area contributed by atoms with E-state index in [-0.39, 0.29) is 17.9 Å². The fourth-order valence-corrected chi connectivity index (χ4v) is 2.14. The Morgan fingerprint density at radius 3 is 2.60 bits per heavy atom. The number of rotatable bonds is 4. The molecular formula is C14H18N2O4. The zero-order valence-electron chi connectivity index (χ0n) is 11.8. The normalized spacial score (nSPS) is 18.8. The van der Waals surface area contributed by atoms with Crippen LogP contribution in [0.25, 0.3) is 0 Å². The first kappa shape index (κ1) is 14.2. The third-order valence-corrected chi connectivity index (χ3v) is 3.28. The van der Waals surface area contributed by atoms with E-state index in [4.69, 9.17) is 9.47 Å². The Kier molecular flexibility index (Phi) is 4.12. The van der Waals surface area contributed by atoms with Crippen molar-refractivity contribution in [2.24, 2.45) is 5.92 Å². The molecule has 0 aromatic heterocycles. The van der Waals surface area contributed by atoms with E-state index in [2.05, 4.69) is 5.32 Å². The van der Waals surface area contributed by atoms with Gasteiger partial charge in [-0.15, -0.1) is 0 Å². The SMILES string of the molecule is COc1ccc(CN2CC(C)C(=O)NC2=O)cc1OC. The number of nitrogens with zero attached hydrogens (tertiary/aromatic N) is 1. The number of benzene rings is 1. The summed E-state index contributed by atoms with van der Waals surface area (Å²) in [6.07, 6.45) is 0. The van der Waals surface area contributed by atoms with Gasteiger partial charge in [0.1, 0.15) is 0 Å². The van der Waals surface area contributed by atoms with Crippen LogP contribution in [-0.2, 0) is 11.3 Å². The van der Waals surface area contributed by atoms with Crippen molar-refractivity contribution >= 4 is 11.9 Å². The van der Waals surface area contributed by atoms with Gasteiger partial charge in [0.05, 0.1) is 20.1 Å². The summed E-state index contributed by atoms with van der Waals surface area (Å²) in [5, 5.41) is 2.34. The van der Waals surface area contributed by atoms with Crippen molar-refractivity contribution in [3.8, 4) is 11.5 Å². The summed E-state index contributed by atoms with van der Waals surface area (Å²) in [5.74, 6) is 0.834. The molecule has 0 aliphatic carbocycles. The molecule has 3 amide bonds. The van der Waals surface area contributed by atoms with Crippen molar-refractivity contribution in [1.82, 2.24) is 10.2 Å². The Labute approximate surface area is 117 Å². The van der Waals surface area contributed by atoms with E-state index in [0.29, 0.717) is 24.6 Å². The monoisotopic (exact) mass is 278 g/mol. The van der Waals surface area contributed by atoms with Gasteiger partial charge in [-0.25, -0.2) is 4.79 Å². The summed E-state index contributed by atoms with van der Waals surface area (Å²) < 4.78 is 10.4. The maximum Gasteiger partial charge on any atom is 0.324 e. The number of ether oxygens (including phenoxy) is 2. The Morgan fingerprint density at radius 1 is 1.25 bits per heavy atom. The van der Waals surface area contributed by atoms with Crippen molar-refractivity contribution in [3.05, 3.63) is 23.8 Å². The molecule has 1 aromatic rings. The van der Waals surface area contributed by atoms with E-state index in [0.717, 1.165) is 5.56 Å². The highest BCUT2D eigenvalue weighted by Gasteiger charge is 2.29. The Hall–Kier alpha value is -2.24. The van der Waals surface area contributed by atoms with Gasteiger partial charge in [0.2, 0.25) is 5.91 Å². The summed E-state index contributed by atoms with van der Waals surface area (Å²) in [6.45, 7) is 2.63. The van der Waals surface area contributed by atoms with E-state index in [9.17, 15) is 9.59 Å². The van der Waals surface area contributed by atoms with Gasteiger partial charge in [-0.05, 0) is 17.7 Å². The summed E-state index contributed by atoms with van der Waals surface area (Å²) >= 11 is 0. The van der Waals surface area contributed by atoms with E-state index in [1.165, 1.54) is 0 Å². The number of carbonyl (C=O) groups is 2. The molecule has 20 heavy (non-hydrogen) atoms. The second-order valence-corrected chi connectivity index (χ2v) is 4.77. The minimum absolute atomic E-state index is 0.201. The summed E-state index contributed by atoms with van der Waals surface area (Å²) in [4.78, 5) is 24.8. The molecule has 1 aliphatic rings. The maximum absolute atomic E-state index is 11.8. The molecule has 1 unspecified atom stereocenters. The van der Waals surface area contributed by atoms with Crippen molar-refractivity contribution in [2.45, 2.75) is 13.5 Å². The van der Waals surface area contributed by atoms with Crippen molar-refractivity contribution in [3.63, 3.8) is 0 Å². The molecule has 1 N–H and O–H groups in total. The zero-order valence-corrected chi connectivity index (χ0v) is 11.8. The van der Waals surface area contributed by atoms with Crippen LogP contribution in [0, 0.1) is 5.92 Å². The molecule has 0 saturated carbocycles. The molecule has 2 rings (SSSR count). The van der Waals surface area contributed by atoms with Gasteiger partial charge >= 0.3 is 6.03 Å². The molecule has 1 aliphatic heterocycles. The fourth-order valence-electron chi connectivity index (χ4n) is 2.14. The van der Waals surface area contributed by atoms with Gasteiger partial charge in [-0.3, -0.25) is 10.1 Å². The lowest BCUT2D eigenvalue weighted by Gasteiger charge is -2.30. The molecule has 6 nitrogen and oxygen atoms in total. The predicted octanol–water partition coefficient (Wildman–Crippen LogP) is 1.39. The molecule has 6 heteroatoms. The quantitative estimate of drug-likeness (QED) is 0.903. The van der Waals surface area contributed by atoms with Gasteiger partial charge < -0.3 is 14.4 Å². The Balaban J connectivity index is 2.13. The highest BCUT2D eigenvalue weighted by atomic mass is 16.5. The average Bonchev–Trinajstić information content (AvgIpc) is 2.44. The standard InChI is InChI=1S/C14H18N2O4/c1-9-7-16(14(18)15-13(9)17)8-10-4-5-11(19-2)12(6-10)20-3/h4-6,9H,7-8H2,1-3H3,(H,15,17,18). The molecular weight excluding hydrogens is 260 g/mol. The van der Waals surface area contributed by atoms with E-state index >= 15 is 0 Å². The van der Waals surface area contributed by atoms with Gasteiger partial charge in [0.15, 0.2) is 11.5 Å². The smallest absolute Gasteiger partial charge is 0.324 e. The number of imide groups is 1. The maximum atomic E-state index is 11.8. The second-order valence-electron chi connectivity index (χ2n) is 4.77. The molecule has 0 spiro atoms. The van der Waals surface area contributed by atoms with Crippen LogP contribution in [0.3, 0.4) is 0 Å². The van der Waals surface area contributed by atoms with E-state index in [1.54, 1.807) is 32.1 Å². The number of nitrogens with one attached hydrogen (secondary N) is 1. The first-order chi connectivity index (χ1) is 9.55. The van der Waals surface area contributed by atoms with Crippen LogP contribution in [0.1, 0.15) is 12.5 Å². The van der Waals surface area contributed by atoms with E-state index < -0.39 is 0 Å². The largest absolute Gasteiger partial charge is 0.493 e. The number of hydrogen-bond acceptors (Lipinski definition) is 4. The number of carbonyl (C=O) groups excluding carboxylic acids is 2. The molecule has 1 saturated heterocycles. The van der Waals surface area contributed by atoms with Crippen LogP contribution in [0.4, 0.5) is 4.79 Å². The van der Waals surface area contributed by atoms with Crippen LogP contribution < -0.4 is 14.8 Å². The molecule has 1 aromatic carbocycles. The van der Waals surface area contributed by atoms with Crippen molar-refractivity contribution in [2.75, 3.05) is 20.8 Å². The first-order valence-electron chi connectivity index (χ1n) is 6.35. The second kappa shape index (κ2) is 5.81. The summed E-state index contributed by atoms with van der Waals surface area (Å²) in [5.41, 5.74) is 0.916. The molecule has 0 radical (unpaired) electrons. The van der Waals surface area contributed by atoms with Crippen molar-refractivity contribution < 1.29 is 19.1 Å². The highest BCUT2D eigenvalue weighted by Crippen LogP contribution is 2.28. The van der Waals surface area contributed by atoms with Crippen LogP contribution in [0.2, 0.25) is 0 Å². The molecule has 1 heterocycles. The number of amides is 3. The van der Waals surface area contributed by atoms with Crippen LogP contribution in [-0.4, -0.2) is 37.6 Å². The van der Waals surface area contributed by atoms with E-state index in [1.807, 2.05) is 12.1 Å². The van der Waals surface area contributed by atoms with Crippen LogP contribution >= 0.6 is 0 Å². The van der Waals surface area contributed by atoms with Crippen molar-refractivity contribution in [1.29, 1.82) is 0 Å². The Bertz CT molecular complexity index is 530. The van der Waals surface area contributed by atoms with Gasteiger partial charge in [0, 0.05) is 13.1 Å². The molecule has 108 valence electrons. The minimum Gasteiger partial charge on any atom is -0.493 e. The summed E-state index contributed by atoms with van der Waals surface area (Å²) in [7, 11) is 3.14. The minimum atomic E-state index is -0.358. The van der Waals surface area contributed by atoms with Crippen LogP contribution in [0.15, 0.2) is 18.2 Å².